The number of anilines is 1. The van der Waals surface area contributed by atoms with Crippen LogP contribution in [0.15, 0.2) is 42.7 Å². The molecule has 2 aromatic rings. The largest absolute Gasteiger partial charge is 0.341 e. The zero-order chi connectivity index (χ0) is 18.8. The van der Waals surface area contributed by atoms with Crippen molar-refractivity contribution >= 4 is 17.5 Å². The molecule has 0 radical (unpaired) electrons. The van der Waals surface area contributed by atoms with E-state index in [9.17, 15) is 9.59 Å². The molecule has 7 heteroatoms. The molecule has 0 bridgehead atoms. The zero-order valence-corrected chi connectivity index (χ0v) is 15.5. The Morgan fingerprint density at radius 1 is 1.11 bits per heavy atom. The smallest absolute Gasteiger partial charge is 0.231 e. The van der Waals surface area contributed by atoms with Crippen molar-refractivity contribution in [3.8, 4) is 5.69 Å². The summed E-state index contributed by atoms with van der Waals surface area (Å²) in [5.74, 6) is 0.178. The van der Waals surface area contributed by atoms with Gasteiger partial charge in [0.15, 0.2) is 0 Å². The van der Waals surface area contributed by atoms with Crippen molar-refractivity contribution in [1.82, 2.24) is 19.6 Å². The number of hydrogen-bond donors (Lipinski definition) is 1. The standard InChI is InChI=1S/C20H25N5O2/c1-23-10-6-15(7-11-23)20(27)24-13-16(14-24)19(26)22-17-4-2-5-18(12-17)25-9-3-8-21-25/h2-5,8-9,12,15-16H,6-7,10-11,13-14H2,1H3,(H,22,26). The van der Waals surface area contributed by atoms with Gasteiger partial charge in [-0.3, -0.25) is 9.59 Å². The van der Waals surface area contributed by atoms with Gasteiger partial charge in [-0.15, -0.1) is 0 Å². The molecule has 2 aliphatic rings. The van der Waals surface area contributed by atoms with Gasteiger partial charge in [0.1, 0.15) is 0 Å². The fourth-order valence-corrected chi connectivity index (χ4v) is 3.73. The fourth-order valence-electron chi connectivity index (χ4n) is 3.73. The van der Waals surface area contributed by atoms with Crippen molar-refractivity contribution in [3.63, 3.8) is 0 Å². The summed E-state index contributed by atoms with van der Waals surface area (Å²) in [4.78, 5) is 29.1. The van der Waals surface area contributed by atoms with Crippen molar-refractivity contribution in [1.29, 1.82) is 0 Å². The molecular formula is C20H25N5O2. The Labute approximate surface area is 158 Å². The fraction of sp³-hybridized carbons (Fsp3) is 0.450. The average Bonchev–Trinajstić information content (AvgIpc) is 3.16. The Morgan fingerprint density at radius 3 is 2.59 bits per heavy atom. The predicted octanol–water partition coefficient (Wildman–Crippen LogP) is 1.61. The van der Waals surface area contributed by atoms with Gasteiger partial charge in [-0.2, -0.15) is 5.10 Å². The lowest BCUT2D eigenvalue weighted by Crippen LogP contribution is -2.56. The van der Waals surface area contributed by atoms with E-state index in [1.165, 1.54) is 0 Å². The van der Waals surface area contributed by atoms with Gasteiger partial charge in [-0.1, -0.05) is 6.07 Å². The van der Waals surface area contributed by atoms with Gasteiger partial charge in [0.25, 0.3) is 0 Å². The number of rotatable bonds is 4. The van der Waals surface area contributed by atoms with Crippen LogP contribution >= 0.6 is 0 Å². The number of carbonyl (C=O) groups excluding carboxylic acids is 2. The molecule has 0 aliphatic carbocycles. The Kier molecular flexibility index (Phi) is 4.94. The second-order valence-electron chi connectivity index (χ2n) is 7.51. The van der Waals surface area contributed by atoms with Crippen LogP contribution in [0.25, 0.3) is 5.69 Å². The van der Waals surface area contributed by atoms with Crippen molar-refractivity contribution in [2.24, 2.45) is 11.8 Å². The third-order valence-electron chi connectivity index (χ3n) is 5.51. The van der Waals surface area contributed by atoms with Crippen molar-refractivity contribution in [2.75, 3.05) is 38.5 Å². The van der Waals surface area contributed by atoms with Crippen LogP contribution in [0, 0.1) is 11.8 Å². The van der Waals surface area contributed by atoms with Gasteiger partial charge >= 0.3 is 0 Å². The predicted molar refractivity (Wildman–Crippen MR) is 102 cm³/mol. The van der Waals surface area contributed by atoms with Crippen LogP contribution in [0.5, 0.6) is 0 Å². The number of nitrogens with zero attached hydrogens (tertiary/aromatic N) is 4. The second kappa shape index (κ2) is 7.52. The van der Waals surface area contributed by atoms with E-state index >= 15 is 0 Å². The van der Waals surface area contributed by atoms with Crippen LogP contribution in [0.1, 0.15) is 12.8 Å². The molecule has 2 aliphatic heterocycles. The number of aromatic nitrogens is 2. The summed E-state index contributed by atoms with van der Waals surface area (Å²) in [7, 11) is 2.09. The second-order valence-corrected chi connectivity index (χ2v) is 7.51. The van der Waals surface area contributed by atoms with Crippen molar-refractivity contribution < 1.29 is 9.59 Å². The first-order chi connectivity index (χ1) is 13.1. The first-order valence-electron chi connectivity index (χ1n) is 9.48. The highest BCUT2D eigenvalue weighted by Gasteiger charge is 2.38. The molecule has 2 saturated heterocycles. The minimum absolute atomic E-state index is 0.0277. The minimum Gasteiger partial charge on any atom is -0.341 e. The molecule has 0 unspecified atom stereocenters. The topological polar surface area (TPSA) is 70.5 Å². The van der Waals surface area contributed by atoms with Gasteiger partial charge in [0.2, 0.25) is 11.8 Å². The van der Waals surface area contributed by atoms with Gasteiger partial charge in [0.05, 0.1) is 11.6 Å². The van der Waals surface area contributed by atoms with E-state index < -0.39 is 0 Å². The highest BCUT2D eigenvalue weighted by atomic mass is 16.2. The third-order valence-corrected chi connectivity index (χ3v) is 5.51. The van der Waals surface area contributed by atoms with Crippen molar-refractivity contribution in [2.45, 2.75) is 12.8 Å². The molecule has 0 atom stereocenters. The number of nitrogens with one attached hydrogen (secondary N) is 1. The van der Waals surface area contributed by atoms with Crippen LogP contribution in [0.4, 0.5) is 5.69 Å². The average molecular weight is 367 g/mol. The minimum atomic E-state index is -0.131. The Morgan fingerprint density at radius 2 is 1.89 bits per heavy atom. The van der Waals surface area contributed by atoms with Crippen LogP contribution < -0.4 is 5.32 Å². The summed E-state index contributed by atoms with van der Waals surface area (Å²) in [6.45, 7) is 2.99. The number of hydrogen-bond acceptors (Lipinski definition) is 4. The number of piperidine rings is 1. The number of likely N-dealkylation sites (tertiary alicyclic amines) is 2. The van der Waals surface area contributed by atoms with E-state index in [0.717, 1.165) is 37.3 Å². The maximum Gasteiger partial charge on any atom is 0.231 e. The number of benzene rings is 1. The first kappa shape index (κ1) is 17.7. The SMILES string of the molecule is CN1CCC(C(=O)N2CC(C(=O)Nc3cccc(-n4cccn4)c3)C2)CC1. The van der Waals surface area contributed by atoms with E-state index in [-0.39, 0.29) is 23.7 Å². The summed E-state index contributed by atoms with van der Waals surface area (Å²) in [5, 5.41) is 7.17. The molecule has 2 amide bonds. The lowest BCUT2D eigenvalue weighted by molar-refractivity contribution is -0.146. The van der Waals surface area contributed by atoms with Crippen LogP contribution in [-0.4, -0.2) is 64.6 Å². The molecule has 2 fully saturated rings. The number of carbonyl (C=O) groups is 2. The molecule has 4 rings (SSSR count). The molecule has 0 saturated carbocycles. The Balaban J connectivity index is 1.29. The van der Waals surface area contributed by atoms with Gasteiger partial charge in [0, 0.05) is 37.1 Å². The normalized spacial score (nSPS) is 18.9. The highest BCUT2D eigenvalue weighted by molar-refractivity contribution is 5.95. The van der Waals surface area contributed by atoms with Gasteiger partial charge in [-0.05, 0) is 57.2 Å². The summed E-state index contributed by atoms with van der Waals surface area (Å²) >= 11 is 0. The maximum absolute atomic E-state index is 12.6. The van der Waals surface area contributed by atoms with E-state index in [2.05, 4.69) is 22.4 Å². The lowest BCUT2D eigenvalue weighted by atomic mass is 9.91. The van der Waals surface area contributed by atoms with Crippen LogP contribution in [-0.2, 0) is 9.59 Å². The summed E-state index contributed by atoms with van der Waals surface area (Å²) in [5.41, 5.74) is 1.64. The summed E-state index contributed by atoms with van der Waals surface area (Å²) in [6.07, 6.45) is 5.42. The quantitative estimate of drug-likeness (QED) is 0.891. The van der Waals surface area contributed by atoms with Gasteiger partial charge < -0.3 is 15.1 Å². The highest BCUT2D eigenvalue weighted by Crippen LogP contribution is 2.25. The molecule has 1 N–H and O–H groups in total. The lowest BCUT2D eigenvalue weighted by Gasteiger charge is -2.41. The molecule has 27 heavy (non-hydrogen) atoms. The van der Waals surface area contributed by atoms with E-state index in [0.29, 0.717) is 13.1 Å². The van der Waals surface area contributed by atoms with E-state index in [4.69, 9.17) is 0 Å². The molecule has 1 aromatic carbocycles. The molecule has 1 aromatic heterocycles. The summed E-state index contributed by atoms with van der Waals surface area (Å²) < 4.78 is 1.75. The number of amides is 2. The summed E-state index contributed by atoms with van der Waals surface area (Å²) in [6, 6.07) is 9.45. The molecule has 3 heterocycles. The molecular weight excluding hydrogens is 342 g/mol. The van der Waals surface area contributed by atoms with Crippen LogP contribution in [0.2, 0.25) is 0 Å². The van der Waals surface area contributed by atoms with Crippen molar-refractivity contribution in [3.05, 3.63) is 42.7 Å². The third kappa shape index (κ3) is 3.88. The van der Waals surface area contributed by atoms with Gasteiger partial charge in [-0.25, -0.2) is 4.68 Å². The first-order valence-corrected chi connectivity index (χ1v) is 9.48. The monoisotopic (exact) mass is 367 g/mol. The maximum atomic E-state index is 12.6. The molecule has 0 spiro atoms. The van der Waals surface area contributed by atoms with Crippen LogP contribution in [0.3, 0.4) is 0 Å². The molecule has 142 valence electrons. The zero-order valence-electron chi connectivity index (χ0n) is 15.5. The Bertz CT molecular complexity index is 806. The Hall–Kier alpha value is -2.67. The molecule has 7 nitrogen and oxygen atoms in total. The van der Waals surface area contributed by atoms with E-state index in [1.54, 1.807) is 10.9 Å². The van der Waals surface area contributed by atoms with E-state index in [1.807, 2.05) is 41.4 Å².